The van der Waals surface area contributed by atoms with Crippen LogP contribution in [0.1, 0.15) is 40.3 Å². The van der Waals surface area contributed by atoms with Gasteiger partial charge in [-0.25, -0.2) is 4.99 Å². The number of amides is 1. The predicted octanol–water partition coefficient (Wildman–Crippen LogP) is 8.39. The standard InChI is InChI=1S/C40H36ClN5O4/c41-35-19-11-28(12-20-35)26-43-39(48)40(25-33-9-4-5-10-34(33)27-44-46-42)37(31-15-13-30(14-16-31)29-7-2-1-3-8-29)50-38(45-40)32-17-21-36(22-18-32)49-24-6-23-47/h1-5,7-22,37,47H,6,23-27H2,(H,43,48)/t37-,40-/m1/s1. The zero-order valence-electron chi connectivity index (χ0n) is 27.3. The molecule has 0 radical (unpaired) electrons. The lowest BCUT2D eigenvalue weighted by Gasteiger charge is -2.31. The highest BCUT2D eigenvalue weighted by atomic mass is 35.5. The smallest absolute Gasteiger partial charge is 0.252 e. The van der Waals surface area contributed by atoms with Crippen molar-refractivity contribution in [2.24, 2.45) is 10.1 Å². The van der Waals surface area contributed by atoms with Crippen molar-refractivity contribution in [3.8, 4) is 16.9 Å². The molecule has 0 fully saturated rings. The van der Waals surface area contributed by atoms with E-state index in [1.54, 1.807) is 12.1 Å². The fourth-order valence-electron chi connectivity index (χ4n) is 5.98. The molecule has 0 spiro atoms. The van der Waals surface area contributed by atoms with E-state index < -0.39 is 11.6 Å². The third kappa shape index (κ3) is 7.98. The van der Waals surface area contributed by atoms with Gasteiger partial charge in [0.05, 0.1) is 13.2 Å². The lowest BCUT2D eigenvalue weighted by atomic mass is 9.80. The molecule has 0 unspecified atom stereocenters. The number of nitrogens with one attached hydrogen (secondary N) is 1. The molecule has 1 amide bonds. The van der Waals surface area contributed by atoms with E-state index in [1.807, 2.05) is 103 Å². The van der Waals surface area contributed by atoms with Crippen molar-refractivity contribution < 1.29 is 19.4 Å². The van der Waals surface area contributed by atoms with Crippen molar-refractivity contribution in [2.45, 2.75) is 37.6 Å². The quantitative estimate of drug-likeness (QED) is 0.0526. The third-order valence-corrected chi connectivity index (χ3v) is 8.85. The van der Waals surface area contributed by atoms with Crippen LogP contribution in [-0.4, -0.2) is 35.7 Å². The molecule has 0 aliphatic carbocycles. The van der Waals surface area contributed by atoms with Gasteiger partial charge in [0.2, 0.25) is 5.90 Å². The number of hydrogen-bond donors (Lipinski definition) is 2. The van der Waals surface area contributed by atoms with Gasteiger partial charge in [-0.05, 0) is 75.3 Å². The summed E-state index contributed by atoms with van der Waals surface area (Å²) in [4.78, 5) is 22.9. The van der Waals surface area contributed by atoms with Crippen LogP contribution in [0.15, 0.2) is 138 Å². The third-order valence-electron chi connectivity index (χ3n) is 8.60. The van der Waals surface area contributed by atoms with E-state index in [1.165, 1.54) is 0 Å². The van der Waals surface area contributed by atoms with Gasteiger partial charge in [-0.2, -0.15) is 0 Å². The number of carbonyl (C=O) groups excluding carboxylic acids is 1. The van der Waals surface area contributed by atoms with Gasteiger partial charge in [-0.15, -0.1) is 0 Å². The van der Waals surface area contributed by atoms with E-state index in [0.717, 1.165) is 33.4 Å². The van der Waals surface area contributed by atoms with Crippen molar-refractivity contribution in [1.82, 2.24) is 5.32 Å². The van der Waals surface area contributed by atoms with Gasteiger partial charge in [0.15, 0.2) is 11.6 Å². The number of ether oxygens (including phenoxy) is 2. The maximum Gasteiger partial charge on any atom is 0.252 e. The summed E-state index contributed by atoms with van der Waals surface area (Å²) < 4.78 is 12.5. The minimum absolute atomic E-state index is 0.0462. The molecule has 2 N–H and O–H groups in total. The van der Waals surface area contributed by atoms with E-state index in [2.05, 4.69) is 27.5 Å². The van der Waals surface area contributed by atoms with Crippen LogP contribution in [0.4, 0.5) is 0 Å². The summed E-state index contributed by atoms with van der Waals surface area (Å²) >= 11 is 6.12. The largest absolute Gasteiger partial charge is 0.494 e. The average Bonchev–Trinajstić information content (AvgIpc) is 3.55. The Morgan fingerprint density at radius 3 is 2.24 bits per heavy atom. The number of rotatable bonds is 14. The number of benzene rings is 5. The number of aliphatic imine (C=N–C) groups is 1. The van der Waals surface area contributed by atoms with Crippen LogP contribution in [-0.2, 0) is 29.0 Å². The molecule has 6 rings (SSSR count). The van der Waals surface area contributed by atoms with Gasteiger partial charge < -0.3 is 19.9 Å². The first kappa shape index (κ1) is 34.3. The Morgan fingerprint density at radius 2 is 1.54 bits per heavy atom. The monoisotopic (exact) mass is 685 g/mol. The zero-order chi connectivity index (χ0) is 34.8. The molecule has 2 atom stereocenters. The van der Waals surface area contributed by atoms with Crippen molar-refractivity contribution in [3.63, 3.8) is 0 Å². The SMILES string of the molecule is [N-]=[N+]=NCc1ccccc1C[C@@]1(C(=O)NCc2ccc(Cl)cc2)N=C(c2ccc(OCCCO)cc2)O[C@@H]1c1ccc(-c2ccccc2)cc1. The van der Waals surface area contributed by atoms with Crippen LogP contribution in [0.2, 0.25) is 5.02 Å². The second-order valence-corrected chi connectivity index (χ2v) is 12.4. The van der Waals surface area contributed by atoms with Gasteiger partial charge in [0, 0.05) is 41.5 Å². The predicted molar refractivity (Wildman–Crippen MR) is 195 cm³/mol. The molecule has 10 heteroatoms. The van der Waals surface area contributed by atoms with E-state index >= 15 is 0 Å². The fourth-order valence-corrected chi connectivity index (χ4v) is 6.11. The van der Waals surface area contributed by atoms with Crippen LogP contribution < -0.4 is 10.1 Å². The maximum absolute atomic E-state index is 14.7. The Morgan fingerprint density at radius 1 is 0.880 bits per heavy atom. The average molecular weight is 686 g/mol. The summed E-state index contributed by atoms with van der Waals surface area (Å²) in [5, 5.41) is 16.7. The second-order valence-electron chi connectivity index (χ2n) is 11.9. The molecule has 252 valence electrons. The zero-order valence-corrected chi connectivity index (χ0v) is 28.0. The first-order chi connectivity index (χ1) is 24.5. The number of azide groups is 1. The van der Waals surface area contributed by atoms with Crippen LogP contribution in [0.25, 0.3) is 21.6 Å². The number of carbonyl (C=O) groups is 1. The minimum atomic E-state index is -1.45. The summed E-state index contributed by atoms with van der Waals surface area (Å²) in [7, 11) is 0. The van der Waals surface area contributed by atoms with Crippen LogP contribution in [0, 0.1) is 0 Å². The number of halogens is 1. The molecule has 1 aliphatic heterocycles. The molecule has 0 saturated heterocycles. The number of nitrogens with zero attached hydrogens (tertiary/aromatic N) is 4. The van der Waals surface area contributed by atoms with Crippen molar-refractivity contribution in [2.75, 3.05) is 13.2 Å². The summed E-state index contributed by atoms with van der Waals surface area (Å²) in [6.45, 7) is 0.814. The normalized spacial score (nSPS) is 16.5. The van der Waals surface area contributed by atoms with Crippen molar-refractivity contribution in [1.29, 1.82) is 0 Å². The summed E-state index contributed by atoms with van der Waals surface area (Å²) in [5.74, 6) is 0.646. The summed E-state index contributed by atoms with van der Waals surface area (Å²) in [6, 6.07) is 40.3. The van der Waals surface area contributed by atoms with Crippen LogP contribution in [0.3, 0.4) is 0 Å². The lowest BCUT2D eigenvalue weighted by molar-refractivity contribution is -0.129. The topological polar surface area (TPSA) is 129 Å². The van der Waals surface area contributed by atoms with Crippen LogP contribution in [0.5, 0.6) is 5.75 Å². The molecular formula is C40H36ClN5O4. The number of aliphatic hydroxyl groups is 1. The van der Waals surface area contributed by atoms with Crippen molar-refractivity contribution in [3.05, 3.63) is 171 Å². The highest BCUT2D eigenvalue weighted by Crippen LogP contribution is 2.43. The van der Waals surface area contributed by atoms with Crippen LogP contribution >= 0.6 is 11.6 Å². The first-order valence-electron chi connectivity index (χ1n) is 16.4. The molecule has 1 aliphatic rings. The minimum Gasteiger partial charge on any atom is -0.494 e. The first-order valence-corrected chi connectivity index (χ1v) is 16.7. The molecule has 0 aromatic heterocycles. The Balaban J connectivity index is 1.44. The molecule has 5 aromatic carbocycles. The van der Waals surface area contributed by atoms with Gasteiger partial charge >= 0.3 is 0 Å². The van der Waals surface area contributed by atoms with E-state index in [0.29, 0.717) is 35.3 Å². The Hall–Kier alpha value is -5.60. The Bertz CT molecular complexity index is 1980. The number of aliphatic hydroxyl groups excluding tert-OH is 1. The maximum atomic E-state index is 14.7. The molecule has 9 nitrogen and oxygen atoms in total. The fraction of sp³-hybridized carbons (Fsp3) is 0.200. The second kappa shape index (κ2) is 16.2. The lowest BCUT2D eigenvalue weighted by Crippen LogP contribution is -2.49. The van der Waals surface area contributed by atoms with Crippen molar-refractivity contribution >= 4 is 23.4 Å². The number of hydrogen-bond acceptors (Lipinski definition) is 6. The highest BCUT2D eigenvalue weighted by molar-refractivity contribution is 6.30. The Labute approximate surface area is 295 Å². The van der Waals surface area contributed by atoms with Gasteiger partial charge in [0.25, 0.3) is 5.91 Å². The van der Waals surface area contributed by atoms with E-state index in [-0.39, 0.29) is 32.0 Å². The van der Waals surface area contributed by atoms with E-state index in [4.69, 9.17) is 36.7 Å². The van der Waals surface area contributed by atoms with Gasteiger partial charge in [0.1, 0.15) is 5.75 Å². The van der Waals surface area contributed by atoms with Gasteiger partial charge in [-0.1, -0.05) is 108 Å². The van der Waals surface area contributed by atoms with E-state index in [9.17, 15) is 4.79 Å². The Kier molecular flexibility index (Phi) is 11.1. The molecule has 50 heavy (non-hydrogen) atoms. The molecular weight excluding hydrogens is 650 g/mol. The highest BCUT2D eigenvalue weighted by Gasteiger charge is 2.53. The molecule has 5 aromatic rings. The van der Waals surface area contributed by atoms with Gasteiger partial charge in [-0.3, -0.25) is 4.79 Å². The molecule has 0 saturated carbocycles. The molecule has 0 bridgehead atoms. The molecule has 1 heterocycles. The summed E-state index contributed by atoms with van der Waals surface area (Å²) in [5.41, 5.74) is 13.7. The summed E-state index contributed by atoms with van der Waals surface area (Å²) in [6.07, 6.45) is -0.106.